The highest BCUT2D eigenvalue weighted by molar-refractivity contribution is 9.10. The quantitative estimate of drug-likeness (QED) is 0.818. The first-order chi connectivity index (χ1) is 9.50. The van der Waals surface area contributed by atoms with Crippen LogP contribution in [0.3, 0.4) is 0 Å². The van der Waals surface area contributed by atoms with Crippen molar-refractivity contribution in [3.63, 3.8) is 0 Å². The van der Waals surface area contributed by atoms with Gasteiger partial charge < -0.3 is 10.5 Å². The molecule has 3 rings (SSSR count). The van der Waals surface area contributed by atoms with E-state index in [1.54, 1.807) is 22.5 Å². The van der Waals surface area contributed by atoms with E-state index in [2.05, 4.69) is 15.9 Å². The van der Waals surface area contributed by atoms with Gasteiger partial charge in [0, 0.05) is 16.7 Å². The molecule has 0 aromatic heterocycles. The normalized spacial score (nSPS) is 27.4. The van der Waals surface area contributed by atoms with E-state index in [1.165, 1.54) is 0 Å². The third-order valence-corrected chi connectivity index (χ3v) is 6.87. The molecule has 1 aliphatic carbocycles. The lowest BCUT2D eigenvalue weighted by atomic mass is 10.2. The molecule has 5 nitrogen and oxygen atoms in total. The fourth-order valence-electron chi connectivity index (χ4n) is 3.04. The van der Waals surface area contributed by atoms with Gasteiger partial charge in [0.25, 0.3) is 0 Å². The molecule has 110 valence electrons. The highest BCUT2D eigenvalue weighted by atomic mass is 79.9. The Balaban J connectivity index is 1.98. The van der Waals surface area contributed by atoms with Crippen molar-refractivity contribution in [2.75, 3.05) is 18.9 Å². The predicted octanol–water partition coefficient (Wildman–Crippen LogP) is 1.97. The predicted molar refractivity (Wildman–Crippen MR) is 79.8 cm³/mol. The highest BCUT2D eigenvalue weighted by Gasteiger charge is 2.42. The van der Waals surface area contributed by atoms with E-state index in [4.69, 9.17) is 10.5 Å². The monoisotopic (exact) mass is 360 g/mol. The van der Waals surface area contributed by atoms with E-state index >= 15 is 0 Å². The van der Waals surface area contributed by atoms with Gasteiger partial charge in [0.2, 0.25) is 10.0 Å². The van der Waals surface area contributed by atoms with Gasteiger partial charge in [-0.2, -0.15) is 4.31 Å². The number of hydrogen-bond acceptors (Lipinski definition) is 4. The van der Waals surface area contributed by atoms with Crippen LogP contribution in [-0.4, -0.2) is 38.0 Å². The van der Waals surface area contributed by atoms with E-state index < -0.39 is 10.0 Å². The second-order valence-corrected chi connectivity index (χ2v) is 7.93. The summed E-state index contributed by atoms with van der Waals surface area (Å²) in [4.78, 5) is 0.277. The fraction of sp³-hybridized carbons (Fsp3) is 0.538. The van der Waals surface area contributed by atoms with Crippen LogP contribution in [-0.2, 0) is 14.8 Å². The van der Waals surface area contributed by atoms with E-state index in [-0.39, 0.29) is 17.0 Å². The van der Waals surface area contributed by atoms with Crippen molar-refractivity contribution in [3.05, 3.63) is 22.7 Å². The maximum atomic E-state index is 12.9. The first kappa shape index (κ1) is 14.3. The van der Waals surface area contributed by atoms with Crippen molar-refractivity contribution in [1.29, 1.82) is 0 Å². The smallest absolute Gasteiger partial charge is 0.244 e. The Morgan fingerprint density at radius 3 is 2.90 bits per heavy atom. The molecule has 2 fully saturated rings. The number of ether oxygens (including phenoxy) is 1. The number of nitrogen functional groups attached to an aromatic ring is 1. The number of anilines is 1. The van der Waals surface area contributed by atoms with Crippen molar-refractivity contribution in [3.8, 4) is 0 Å². The number of hydrogen-bond donors (Lipinski definition) is 1. The van der Waals surface area contributed by atoms with Gasteiger partial charge in [-0.3, -0.25) is 0 Å². The lowest BCUT2D eigenvalue weighted by molar-refractivity contribution is -0.0241. The van der Waals surface area contributed by atoms with Gasteiger partial charge in [-0.05, 0) is 53.4 Å². The maximum absolute atomic E-state index is 12.9. The van der Waals surface area contributed by atoms with Crippen molar-refractivity contribution >= 4 is 31.6 Å². The molecule has 0 spiro atoms. The van der Waals surface area contributed by atoms with Gasteiger partial charge in [-0.1, -0.05) is 0 Å². The Hall–Kier alpha value is -0.630. The number of morpholine rings is 1. The van der Waals surface area contributed by atoms with Crippen LogP contribution in [0, 0.1) is 0 Å². The molecular weight excluding hydrogens is 344 g/mol. The lowest BCUT2D eigenvalue weighted by Crippen LogP contribution is -2.51. The summed E-state index contributed by atoms with van der Waals surface area (Å²) in [6.07, 6.45) is 2.88. The number of fused-ring (bicyclic) bond motifs is 1. The van der Waals surface area contributed by atoms with Crippen LogP contribution in [0.5, 0.6) is 0 Å². The highest BCUT2D eigenvalue weighted by Crippen LogP contribution is 2.35. The van der Waals surface area contributed by atoms with Crippen LogP contribution in [0.25, 0.3) is 0 Å². The van der Waals surface area contributed by atoms with Crippen molar-refractivity contribution in [2.45, 2.75) is 36.3 Å². The number of halogens is 1. The van der Waals surface area contributed by atoms with Crippen LogP contribution in [0.2, 0.25) is 0 Å². The van der Waals surface area contributed by atoms with Crippen molar-refractivity contribution in [1.82, 2.24) is 4.31 Å². The van der Waals surface area contributed by atoms with Gasteiger partial charge >= 0.3 is 0 Å². The first-order valence-corrected chi connectivity index (χ1v) is 8.92. The Labute approximate surface area is 127 Å². The van der Waals surface area contributed by atoms with Crippen LogP contribution in [0.1, 0.15) is 19.3 Å². The summed E-state index contributed by atoms with van der Waals surface area (Å²) in [6.45, 7) is 0.882. The zero-order valence-corrected chi connectivity index (χ0v) is 13.4. The molecular formula is C13H17BrN2O3S. The SMILES string of the molecule is Nc1ccc(S(=O)(=O)N2CCOC3CCCC32)c(Br)c1. The number of nitrogens with two attached hydrogens (primary N) is 1. The zero-order chi connectivity index (χ0) is 14.3. The lowest BCUT2D eigenvalue weighted by Gasteiger charge is -2.36. The van der Waals surface area contributed by atoms with E-state index in [0.29, 0.717) is 23.3 Å². The third kappa shape index (κ3) is 2.36. The number of rotatable bonds is 2. The molecule has 0 bridgehead atoms. The molecule has 1 saturated heterocycles. The second-order valence-electron chi connectivity index (χ2n) is 5.21. The Morgan fingerprint density at radius 2 is 2.15 bits per heavy atom. The first-order valence-electron chi connectivity index (χ1n) is 6.68. The zero-order valence-electron chi connectivity index (χ0n) is 11.0. The molecule has 1 aliphatic heterocycles. The fourth-order valence-corrected chi connectivity index (χ4v) is 5.76. The van der Waals surface area contributed by atoms with E-state index in [9.17, 15) is 8.42 Å². The standard InChI is InChI=1S/C13H17BrN2O3S/c14-10-8-9(15)4-5-13(10)20(17,18)16-6-7-19-12-3-1-2-11(12)16/h4-5,8,11-12H,1-3,6-7,15H2. The second kappa shape index (κ2) is 5.29. The molecule has 1 heterocycles. The number of benzene rings is 1. The topological polar surface area (TPSA) is 72.6 Å². The molecule has 20 heavy (non-hydrogen) atoms. The summed E-state index contributed by atoms with van der Waals surface area (Å²) in [5, 5.41) is 0. The average molecular weight is 361 g/mol. The number of sulfonamides is 1. The minimum Gasteiger partial charge on any atom is -0.399 e. The summed E-state index contributed by atoms with van der Waals surface area (Å²) in [7, 11) is -3.51. The molecule has 2 N–H and O–H groups in total. The van der Waals surface area contributed by atoms with E-state index in [0.717, 1.165) is 19.3 Å². The van der Waals surface area contributed by atoms with Gasteiger partial charge in [-0.15, -0.1) is 0 Å². The summed E-state index contributed by atoms with van der Waals surface area (Å²) < 4.78 is 33.5. The van der Waals surface area contributed by atoms with Crippen LogP contribution < -0.4 is 5.73 Å². The minimum atomic E-state index is -3.51. The molecule has 1 saturated carbocycles. The van der Waals surface area contributed by atoms with E-state index in [1.807, 2.05) is 0 Å². The summed E-state index contributed by atoms with van der Waals surface area (Å²) >= 11 is 3.31. The third-order valence-electron chi connectivity index (χ3n) is 3.97. The molecule has 0 amide bonds. The Kier molecular flexibility index (Phi) is 3.79. The molecule has 0 radical (unpaired) electrons. The molecule has 2 unspecified atom stereocenters. The molecule has 1 aromatic carbocycles. The molecule has 2 aliphatic rings. The van der Waals surface area contributed by atoms with Crippen LogP contribution in [0.4, 0.5) is 5.69 Å². The maximum Gasteiger partial charge on any atom is 0.244 e. The minimum absolute atomic E-state index is 0.0294. The van der Waals surface area contributed by atoms with Gasteiger partial charge in [-0.25, -0.2) is 8.42 Å². The summed E-state index contributed by atoms with van der Waals surface area (Å²) in [5.41, 5.74) is 6.21. The largest absolute Gasteiger partial charge is 0.399 e. The van der Waals surface area contributed by atoms with Crippen LogP contribution in [0.15, 0.2) is 27.6 Å². The Bertz CT molecular complexity index is 620. The molecule has 7 heteroatoms. The molecule has 1 aromatic rings. The average Bonchev–Trinajstić information content (AvgIpc) is 2.85. The van der Waals surface area contributed by atoms with Gasteiger partial charge in [0.1, 0.15) is 0 Å². The van der Waals surface area contributed by atoms with Crippen molar-refractivity contribution < 1.29 is 13.2 Å². The Morgan fingerprint density at radius 1 is 1.35 bits per heavy atom. The van der Waals surface area contributed by atoms with Crippen LogP contribution >= 0.6 is 15.9 Å². The van der Waals surface area contributed by atoms with Gasteiger partial charge in [0.05, 0.1) is 23.6 Å². The number of nitrogens with zero attached hydrogens (tertiary/aromatic N) is 1. The van der Waals surface area contributed by atoms with Gasteiger partial charge in [0.15, 0.2) is 0 Å². The summed E-state index contributed by atoms with van der Waals surface area (Å²) in [6, 6.07) is 4.77. The molecule has 2 atom stereocenters. The van der Waals surface area contributed by atoms with Crippen molar-refractivity contribution in [2.24, 2.45) is 0 Å². The summed E-state index contributed by atoms with van der Waals surface area (Å²) in [5.74, 6) is 0.